The molecule has 156 valence electrons. The van der Waals surface area contributed by atoms with Gasteiger partial charge in [-0.25, -0.2) is 0 Å². The van der Waals surface area contributed by atoms with Gasteiger partial charge >= 0.3 is 0 Å². The number of nitrogens with two attached hydrogens (primary N) is 2. The Labute approximate surface area is 155 Å². The van der Waals surface area contributed by atoms with Crippen LogP contribution < -0.4 is 11.5 Å². The molecule has 2 unspecified atom stereocenters. The molecule has 0 aliphatic rings. The van der Waals surface area contributed by atoms with Gasteiger partial charge in [-0.3, -0.25) is 9.59 Å². The van der Waals surface area contributed by atoms with Crippen LogP contribution in [0.1, 0.15) is 54.4 Å². The normalized spacial score (nSPS) is 15.8. The predicted molar refractivity (Wildman–Crippen MR) is 98.1 cm³/mol. The lowest BCUT2D eigenvalue weighted by molar-refractivity contribution is -0.153. The van der Waals surface area contributed by atoms with Crippen LogP contribution in [-0.4, -0.2) is 47.4 Å². The van der Waals surface area contributed by atoms with Crippen molar-refractivity contribution in [2.45, 2.75) is 65.8 Å². The summed E-state index contributed by atoms with van der Waals surface area (Å²) in [6.45, 7) is 11.7. The Morgan fingerprint density at radius 3 is 1.23 bits per heavy atom. The number of ether oxygens (including phenoxy) is 2. The third-order valence-electron chi connectivity index (χ3n) is 3.41. The summed E-state index contributed by atoms with van der Waals surface area (Å²) in [6.07, 6.45) is 0.364. The van der Waals surface area contributed by atoms with Crippen LogP contribution in [0.25, 0.3) is 0 Å². The average Bonchev–Trinajstić information content (AvgIpc) is 2.49. The molecule has 0 aromatic rings. The number of azo groups is 1. The van der Waals surface area contributed by atoms with E-state index < -0.39 is 23.3 Å². The molecule has 2 amide bonds. The van der Waals surface area contributed by atoms with Crippen molar-refractivity contribution in [3.63, 3.8) is 0 Å². The Morgan fingerprint density at radius 1 is 0.808 bits per heavy atom. The Hall–Kier alpha value is -1.62. The van der Waals surface area contributed by atoms with Gasteiger partial charge in [0.2, 0.25) is 0 Å². The van der Waals surface area contributed by atoms with E-state index >= 15 is 0 Å². The molecule has 0 aliphatic carbocycles. The number of carbonyl (C=O) groups excluding carboxylic acids is 2. The number of nitrogens with zero attached hydrogens (tertiary/aromatic N) is 2. The molecule has 2 atom stereocenters. The minimum atomic E-state index is -1.64. The monoisotopic (exact) mass is 380 g/mol. The fourth-order valence-electron chi connectivity index (χ4n) is 1.76. The molecule has 8 N–H and O–H groups in total. The Kier molecular flexibility index (Phi) is 14.2. The first kappa shape index (κ1) is 29.2. The SMILES string of the molecule is CCC(N=NC(CC)(OCC(C)C)C(N)=O)(OCC(C)C)C(N)=O.O.O. The summed E-state index contributed by atoms with van der Waals surface area (Å²) in [4.78, 5) is 23.8. The lowest BCUT2D eigenvalue weighted by Gasteiger charge is -2.29. The first-order valence-corrected chi connectivity index (χ1v) is 8.37. The number of rotatable bonds is 12. The predicted octanol–water partition coefficient (Wildman–Crippen LogP) is 0.318. The van der Waals surface area contributed by atoms with Gasteiger partial charge in [-0.2, -0.15) is 0 Å². The zero-order valence-electron chi connectivity index (χ0n) is 16.7. The van der Waals surface area contributed by atoms with E-state index in [1.807, 2.05) is 27.7 Å². The first-order chi connectivity index (χ1) is 11.0. The lowest BCUT2D eigenvalue weighted by atomic mass is 10.1. The second-order valence-corrected chi connectivity index (χ2v) is 6.61. The van der Waals surface area contributed by atoms with Crippen LogP contribution in [0.3, 0.4) is 0 Å². The smallest absolute Gasteiger partial charge is 0.274 e. The zero-order chi connectivity index (χ0) is 19.0. The largest absolute Gasteiger partial charge is 0.412 e. The van der Waals surface area contributed by atoms with E-state index in [-0.39, 0.29) is 48.8 Å². The highest BCUT2D eigenvalue weighted by atomic mass is 16.5. The van der Waals surface area contributed by atoms with Gasteiger partial charge in [0.1, 0.15) is 0 Å². The van der Waals surface area contributed by atoms with Crippen molar-refractivity contribution in [2.24, 2.45) is 33.5 Å². The highest BCUT2D eigenvalue weighted by Crippen LogP contribution is 2.25. The number of hydrogen-bond donors (Lipinski definition) is 2. The molecular formula is C16H36N4O6. The van der Waals surface area contributed by atoms with Gasteiger partial charge in [0.05, 0.1) is 13.2 Å². The van der Waals surface area contributed by atoms with Gasteiger partial charge in [0.25, 0.3) is 23.3 Å². The van der Waals surface area contributed by atoms with Gasteiger partial charge in [0.15, 0.2) is 0 Å². The standard InChI is InChI=1S/C16H32N4O4.2H2O/c1-7-15(13(17)21,23-9-11(3)4)19-20-16(8-2,14(18)22)24-10-12(5)6;;/h11-12H,7-10H2,1-6H3,(H2,17,21)(H2,18,22);2*1H2. The summed E-state index contributed by atoms with van der Waals surface area (Å²) in [6, 6.07) is 0. The van der Waals surface area contributed by atoms with E-state index in [1.54, 1.807) is 13.8 Å². The van der Waals surface area contributed by atoms with Crippen molar-refractivity contribution in [3.8, 4) is 0 Å². The van der Waals surface area contributed by atoms with Crippen LogP contribution >= 0.6 is 0 Å². The maximum Gasteiger partial charge on any atom is 0.274 e. The van der Waals surface area contributed by atoms with Crippen LogP contribution in [0.4, 0.5) is 0 Å². The quantitative estimate of drug-likeness (QED) is 0.460. The van der Waals surface area contributed by atoms with Crippen molar-refractivity contribution < 1.29 is 30.0 Å². The van der Waals surface area contributed by atoms with Gasteiger partial charge in [-0.15, -0.1) is 10.2 Å². The van der Waals surface area contributed by atoms with Gasteiger partial charge in [-0.05, 0) is 11.8 Å². The maximum absolute atomic E-state index is 11.9. The van der Waals surface area contributed by atoms with E-state index in [9.17, 15) is 9.59 Å². The second-order valence-electron chi connectivity index (χ2n) is 6.61. The molecule has 26 heavy (non-hydrogen) atoms. The number of amides is 2. The first-order valence-electron chi connectivity index (χ1n) is 8.37. The summed E-state index contributed by atoms with van der Waals surface area (Å²) < 4.78 is 11.2. The van der Waals surface area contributed by atoms with E-state index in [1.165, 1.54) is 0 Å². The third kappa shape index (κ3) is 8.17. The average molecular weight is 380 g/mol. The zero-order valence-corrected chi connectivity index (χ0v) is 16.7. The Morgan fingerprint density at radius 2 is 1.08 bits per heavy atom. The summed E-state index contributed by atoms with van der Waals surface area (Å²) in [5.74, 6) is -1.19. The fraction of sp³-hybridized carbons (Fsp3) is 0.875. The third-order valence-corrected chi connectivity index (χ3v) is 3.41. The summed E-state index contributed by atoms with van der Waals surface area (Å²) in [5, 5.41) is 7.98. The molecule has 0 aromatic carbocycles. The number of primary amides is 2. The van der Waals surface area contributed by atoms with Crippen molar-refractivity contribution in [2.75, 3.05) is 13.2 Å². The fourth-order valence-corrected chi connectivity index (χ4v) is 1.76. The number of carbonyl (C=O) groups is 2. The van der Waals surface area contributed by atoms with Gasteiger partial charge in [-0.1, -0.05) is 41.5 Å². The van der Waals surface area contributed by atoms with Crippen LogP contribution in [-0.2, 0) is 19.1 Å². The van der Waals surface area contributed by atoms with Crippen LogP contribution in [0.2, 0.25) is 0 Å². The van der Waals surface area contributed by atoms with E-state index in [0.29, 0.717) is 0 Å². The van der Waals surface area contributed by atoms with Crippen LogP contribution in [0.5, 0.6) is 0 Å². The van der Waals surface area contributed by atoms with E-state index in [4.69, 9.17) is 20.9 Å². The molecule has 10 nitrogen and oxygen atoms in total. The van der Waals surface area contributed by atoms with Gasteiger partial charge in [0, 0.05) is 12.8 Å². The molecule has 0 bridgehead atoms. The lowest BCUT2D eigenvalue weighted by Crippen LogP contribution is -2.48. The van der Waals surface area contributed by atoms with E-state index in [2.05, 4.69) is 10.2 Å². The molecule has 0 spiro atoms. The number of hydrogen-bond acceptors (Lipinski definition) is 6. The topological polar surface area (TPSA) is 192 Å². The van der Waals surface area contributed by atoms with Crippen LogP contribution in [0, 0.1) is 11.8 Å². The molecule has 0 aromatic heterocycles. The molecule has 0 heterocycles. The summed E-state index contributed by atoms with van der Waals surface area (Å²) >= 11 is 0. The molecule has 0 saturated carbocycles. The molecular weight excluding hydrogens is 344 g/mol. The molecule has 0 rings (SSSR count). The Bertz CT molecular complexity index is 418. The minimum Gasteiger partial charge on any atom is -0.412 e. The molecule has 10 heteroatoms. The molecule has 0 saturated heterocycles. The molecule has 0 radical (unpaired) electrons. The van der Waals surface area contributed by atoms with Crippen molar-refractivity contribution in [1.82, 2.24) is 0 Å². The van der Waals surface area contributed by atoms with Crippen LogP contribution in [0.15, 0.2) is 10.2 Å². The van der Waals surface area contributed by atoms with Crippen molar-refractivity contribution in [1.29, 1.82) is 0 Å². The summed E-state index contributed by atoms with van der Waals surface area (Å²) in [7, 11) is 0. The highest BCUT2D eigenvalue weighted by molar-refractivity contribution is 5.84. The molecule has 0 fully saturated rings. The minimum absolute atomic E-state index is 0. The summed E-state index contributed by atoms with van der Waals surface area (Å²) in [5.41, 5.74) is 7.65. The molecule has 0 aliphatic heterocycles. The van der Waals surface area contributed by atoms with Crippen molar-refractivity contribution in [3.05, 3.63) is 0 Å². The van der Waals surface area contributed by atoms with Gasteiger partial charge < -0.3 is 31.9 Å². The highest BCUT2D eigenvalue weighted by Gasteiger charge is 2.41. The second kappa shape index (κ2) is 12.7. The van der Waals surface area contributed by atoms with E-state index in [0.717, 1.165) is 0 Å². The maximum atomic E-state index is 11.9. The van der Waals surface area contributed by atoms with Crippen molar-refractivity contribution >= 4 is 11.8 Å². The Balaban J connectivity index is -0.00000264.